The van der Waals surface area contributed by atoms with Gasteiger partial charge in [-0.25, -0.2) is 0 Å². The summed E-state index contributed by atoms with van der Waals surface area (Å²) in [6.45, 7) is 28.4. The molecule has 2 nitrogen and oxygen atoms in total. The molecule has 1 aromatic rings. The van der Waals surface area contributed by atoms with Crippen molar-refractivity contribution in [2.45, 2.75) is 82.6 Å². The number of allylic oxidation sites excluding steroid dienone is 8. The highest BCUT2D eigenvalue weighted by atomic mass is 14.9. The minimum Gasteiger partial charge on any atom is -0.386 e. The maximum atomic E-state index is 4.47. The molecular formula is C30H46N2. The average Bonchev–Trinajstić information content (AvgIpc) is 2.73. The maximum absolute atomic E-state index is 4.47. The summed E-state index contributed by atoms with van der Waals surface area (Å²) >= 11 is 0. The zero-order valence-corrected chi connectivity index (χ0v) is 22.7. The summed E-state index contributed by atoms with van der Waals surface area (Å²) in [6.07, 6.45) is 10.0. The van der Waals surface area contributed by atoms with E-state index in [1.165, 1.54) is 33.4 Å². The van der Waals surface area contributed by atoms with Gasteiger partial charge < -0.3 is 5.32 Å². The molecule has 0 saturated carbocycles. The van der Waals surface area contributed by atoms with Crippen molar-refractivity contribution in [1.29, 1.82) is 0 Å². The van der Waals surface area contributed by atoms with Crippen LogP contribution in [0.1, 0.15) is 92.3 Å². The Morgan fingerprint density at radius 1 is 0.938 bits per heavy atom. The smallest absolute Gasteiger partial charge is 0.0937 e. The van der Waals surface area contributed by atoms with E-state index in [4.69, 9.17) is 0 Å². The van der Waals surface area contributed by atoms with E-state index in [-0.39, 0.29) is 10.8 Å². The normalized spacial score (nSPS) is 14.6. The van der Waals surface area contributed by atoms with Crippen molar-refractivity contribution >= 4 is 29.2 Å². The van der Waals surface area contributed by atoms with Crippen LogP contribution in [-0.4, -0.2) is 13.8 Å². The predicted molar refractivity (Wildman–Crippen MR) is 148 cm³/mol. The summed E-state index contributed by atoms with van der Waals surface area (Å²) in [5.74, 6) is 0. The number of rotatable bonds is 8. The largest absolute Gasteiger partial charge is 0.386 e. The first kappa shape index (κ1) is 27.7. The lowest BCUT2D eigenvalue weighted by molar-refractivity contribution is 0.429. The molecule has 0 fully saturated rings. The van der Waals surface area contributed by atoms with Crippen LogP contribution in [0.2, 0.25) is 0 Å². The van der Waals surface area contributed by atoms with Crippen molar-refractivity contribution in [3.63, 3.8) is 0 Å². The van der Waals surface area contributed by atoms with E-state index >= 15 is 0 Å². The van der Waals surface area contributed by atoms with Crippen LogP contribution >= 0.6 is 0 Å². The average molecular weight is 435 g/mol. The van der Waals surface area contributed by atoms with Gasteiger partial charge in [0, 0.05) is 18.2 Å². The molecular weight excluding hydrogens is 388 g/mol. The molecule has 0 heterocycles. The number of nitrogens with zero attached hydrogens (tertiary/aromatic N) is 1. The minimum absolute atomic E-state index is 0.158. The van der Waals surface area contributed by atoms with Gasteiger partial charge in [0.1, 0.15) is 0 Å². The van der Waals surface area contributed by atoms with Crippen LogP contribution in [0.5, 0.6) is 0 Å². The number of aryl methyl sites for hydroxylation is 1. The van der Waals surface area contributed by atoms with Crippen LogP contribution in [0.25, 0.3) is 11.1 Å². The summed E-state index contributed by atoms with van der Waals surface area (Å²) < 4.78 is 0. The Kier molecular flexibility index (Phi) is 9.50. The summed E-state index contributed by atoms with van der Waals surface area (Å²) in [6, 6.07) is 2.27. The summed E-state index contributed by atoms with van der Waals surface area (Å²) in [5, 5.41) is 3.40. The molecule has 32 heavy (non-hydrogen) atoms. The fourth-order valence-electron chi connectivity index (χ4n) is 3.45. The van der Waals surface area contributed by atoms with Crippen molar-refractivity contribution in [2.24, 2.45) is 15.8 Å². The molecule has 0 aliphatic rings. The third kappa shape index (κ3) is 6.58. The van der Waals surface area contributed by atoms with Gasteiger partial charge in [-0.15, -0.1) is 0 Å². The molecule has 1 N–H and O–H groups in total. The lowest BCUT2D eigenvalue weighted by Crippen LogP contribution is -2.10. The molecule has 0 spiro atoms. The van der Waals surface area contributed by atoms with Gasteiger partial charge in [0.25, 0.3) is 0 Å². The van der Waals surface area contributed by atoms with E-state index in [0.29, 0.717) is 0 Å². The summed E-state index contributed by atoms with van der Waals surface area (Å²) in [7, 11) is 1.96. The van der Waals surface area contributed by atoms with Crippen molar-refractivity contribution < 1.29 is 0 Å². The number of nitrogens with one attached hydrogen (secondary N) is 1. The number of anilines is 1. The minimum atomic E-state index is 0.158. The molecule has 0 bridgehead atoms. The molecule has 0 unspecified atom stereocenters. The molecule has 0 amide bonds. The van der Waals surface area contributed by atoms with Crippen molar-refractivity contribution in [2.75, 3.05) is 12.4 Å². The second kappa shape index (κ2) is 11.0. The zero-order valence-electron chi connectivity index (χ0n) is 22.7. The Balaban J connectivity index is 3.64. The third-order valence-electron chi connectivity index (χ3n) is 7.03. The van der Waals surface area contributed by atoms with Crippen molar-refractivity contribution in [1.82, 2.24) is 0 Å². The Labute approximate surface area is 198 Å². The molecule has 176 valence electrons. The second-order valence-corrected chi connectivity index (χ2v) is 10.6. The highest BCUT2D eigenvalue weighted by Gasteiger charge is 2.19. The standard InChI is InChI=1S/C30H46N2/c1-14-30(10,11)24(6)18-15-20(2)25-19-22(4)26(28(32-13)27(25)31-12)21(3)16-17-23(5)29(7,8)9/h15-19,31H,13-14H2,1-12H3/b20-15+,21-16+,23-17?,24-18?. The Morgan fingerprint density at radius 2 is 1.47 bits per heavy atom. The predicted octanol–water partition coefficient (Wildman–Crippen LogP) is 9.55. The Morgan fingerprint density at radius 3 is 1.94 bits per heavy atom. The quantitative estimate of drug-likeness (QED) is 0.319. The number of benzene rings is 1. The van der Waals surface area contributed by atoms with Crippen LogP contribution in [0.3, 0.4) is 0 Å². The van der Waals surface area contributed by atoms with Gasteiger partial charge >= 0.3 is 0 Å². The fraction of sp³-hybridized carbons (Fsp3) is 0.500. The van der Waals surface area contributed by atoms with Crippen LogP contribution in [0.15, 0.2) is 46.5 Å². The molecule has 0 radical (unpaired) electrons. The topological polar surface area (TPSA) is 24.4 Å². The first-order valence-electron chi connectivity index (χ1n) is 11.7. The SMILES string of the molecule is C=Nc1c(NC)c(/C(C)=C/C=C(C)C(C)(C)CC)cc(C)c1/C(C)=C/C=C(C)C(C)(C)C. The number of aliphatic imine (C=N–C) groups is 1. The molecule has 0 aromatic heterocycles. The maximum Gasteiger partial charge on any atom is 0.0937 e. The second-order valence-electron chi connectivity index (χ2n) is 10.6. The van der Waals surface area contributed by atoms with Crippen molar-refractivity contribution in [3.8, 4) is 0 Å². The highest BCUT2D eigenvalue weighted by Crippen LogP contribution is 2.41. The van der Waals surface area contributed by atoms with Gasteiger partial charge in [-0.2, -0.15) is 0 Å². The van der Waals surface area contributed by atoms with Gasteiger partial charge in [-0.1, -0.05) is 77.0 Å². The van der Waals surface area contributed by atoms with Gasteiger partial charge in [0.2, 0.25) is 0 Å². The monoisotopic (exact) mass is 434 g/mol. The first-order chi connectivity index (χ1) is 14.7. The molecule has 1 rings (SSSR count). The van der Waals surface area contributed by atoms with E-state index in [0.717, 1.165) is 23.4 Å². The molecule has 0 aliphatic heterocycles. The molecule has 0 aliphatic carbocycles. The highest BCUT2D eigenvalue weighted by molar-refractivity contribution is 5.92. The van der Waals surface area contributed by atoms with Gasteiger partial charge in [-0.05, 0) is 81.4 Å². The lowest BCUT2D eigenvalue weighted by Gasteiger charge is -2.23. The molecule has 2 heteroatoms. The number of hydrogen-bond acceptors (Lipinski definition) is 2. The molecule has 0 saturated heterocycles. The van der Waals surface area contributed by atoms with Crippen LogP contribution in [-0.2, 0) is 0 Å². The summed E-state index contributed by atoms with van der Waals surface area (Å²) in [4.78, 5) is 4.47. The first-order valence-corrected chi connectivity index (χ1v) is 11.7. The van der Waals surface area contributed by atoms with E-state index in [1.807, 2.05) is 7.05 Å². The fourth-order valence-corrected chi connectivity index (χ4v) is 3.45. The Bertz CT molecular complexity index is 958. The van der Waals surface area contributed by atoms with E-state index < -0.39 is 0 Å². The van der Waals surface area contributed by atoms with Gasteiger partial charge in [0.15, 0.2) is 0 Å². The van der Waals surface area contributed by atoms with Crippen LogP contribution < -0.4 is 5.32 Å². The lowest BCUT2D eigenvalue weighted by atomic mass is 9.82. The number of hydrogen-bond donors (Lipinski definition) is 1. The van der Waals surface area contributed by atoms with E-state index in [1.54, 1.807) is 0 Å². The van der Waals surface area contributed by atoms with Crippen LogP contribution in [0, 0.1) is 17.8 Å². The van der Waals surface area contributed by atoms with E-state index in [9.17, 15) is 0 Å². The van der Waals surface area contributed by atoms with E-state index in [2.05, 4.69) is 124 Å². The molecule has 0 atom stereocenters. The van der Waals surface area contributed by atoms with Crippen LogP contribution in [0.4, 0.5) is 11.4 Å². The summed E-state index contributed by atoms with van der Waals surface area (Å²) in [5.41, 5.74) is 11.0. The Hall–Kier alpha value is -2.35. The van der Waals surface area contributed by atoms with Gasteiger partial charge in [0.05, 0.1) is 11.4 Å². The molecule has 1 aromatic carbocycles. The van der Waals surface area contributed by atoms with Gasteiger partial charge in [-0.3, -0.25) is 4.99 Å². The third-order valence-corrected chi connectivity index (χ3v) is 7.03. The van der Waals surface area contributed by atoms with Crippen molar-refractivity contribution in [3.05, 3.63) is 58.2 Å². The zero-order chi connectivity index (χ0) is 24.9.